The lowest BCUT2D eigenvalue weighted by atomic mass is 9.90. The predicted octanol–water partition coefficient (Wildman–Crippen LogP) is 8.24. The van der Waals surface area contributed by atoms with Gasteiger partial charge in [0.15, 0.2) is 6.93 Å². The minimum absolute atomic E-state index is 0.0732. The van der Waals surface area contributed by atoms with Gasteiger partial charge in [-0.3, -0.25) is 4.67 Å². The number of amidine groups is 1. The van der Waals surface area contributed by atoms with E-state index in [0.717, 1.165) is 11.5 Å². The molecule has 0 radical (unpaired) electrons. The zero-order chi connectivity index (χ0) is 20.6. The van der Waals surface area contributed by atoms with E-state index in [9.17, 15) is 0 Å². The molecule has 1 aliphatic rings. The number of halogens is 1. The highest BCUT2D eigenvalue weighted by Crippen LogP contribution is 2.62. The smallest absolute Gasteiger partial charge is 0.197 e. The standard InChI is InChI=1S/C23H31BrN3P/c1-16(2)19-14-11-15-20(17(3)4)21(19)26-22(23(5,6)7)25-27(28(26)24)18-12-9-8-10-13-18/h8-17H,1-7H3/t28-/m1/s1. The van der Waals surface area contributed by atoms with Crippen molar-refractivity contribution in [2.24, 2.45) is 10.5 Å². The number of hydrazone groups is 1. The van der Waals surface area contributed by atoms with Gasteiger partial charge in [0.25, 0.3) is 0 Å². The van der Waals surface area contributed by atoms with Crippen LogP contribution in [0.3, 0.4) is 0 Å². The van der Waals surface area contributed by atoms with Crippen molar-refractivity contribution in [3.63, 3.8) is 0 Å². The Labute approximate surface area is 179 Å². The number of benzene rings is 2. The minimum Gasteiger partial charge on any atom is -0.278 e. The Hall–Kier alpha value is -1.38. The fourth-order valence-corrected chi connectivity index (χ4v) is 6.69. The van der Waals surface area contributed by atoms with E-state index in [-0.39, 0.29) is 5.41 Å². The molecule has 0 unspecified atom stereocenters. The Bertz CT molecular complexity index is 830. The average Bonchev–Trinajstić information content (AvgIpc) is 2.99. The van der Waals surface area contributed by atoms with Gasteiger partial charge in [-0.25, -0.2) is 4.78 Å². The van der Waals surface area contributed by atoms with Crippen molar-refractivity contribution in [3.05, 3.63) is 59.7 Å². The van der Waals surface area contributed by atoms with Gasteiger partial charge < -0.3 is 0 Å². The molecule has 0 saturated heterocycles. The second kappa shape index (κ2) is 8.16. The largest absolute Gasteiger partial charge is 0.278 e. The summed E-state index contributed by atoms with van der Waals surface area (Å²) in [5, 5.41) is 5.13. The highest BCUT2D eigenvalue weighted by atomic mass is 79.9. The molecule has 1 heterocycles. The molecule has 0 saturated carbocycles. The summed E-state index contributed by atoms with van der Waals surface area (Å²) in [4.78, 5) is 0. The first-order chi connectivity index (χ1) is 13.1. The predicted molar refractivity (Wildman–Crippen MR) is 129 cm³/mol. The second-order valence-corrected chi connectivity index (χ2v) is 12.1. The zero-order valence-electron chi connectivity index (χ0n) is 17.9. The number of hydrogen-bond acceptors (Lipinski definition) is 3. The van der Waals surface area contributed by atoms with Crippen LogP contribution in [0.15, 0.2) is 53.6 Å². The lowest BCUT2D eigenvalue weighted by Crippen LogP contribution is -2.34. The Morgan fingerprint density at radius 1 is 0.857 bits per heavy atom. The molecule has 0 spiro atoms. The van der Waals surface area contributed by atoms with Crippen LogP contribution in [0.4, 0.5) is 11.4 Å². The first kappa shape index (κ1) is 21.3. The van der Waals surface area contributed by atoms with Crippen LogP contribution in [0, 0.1) is 5.41 Å². The number of nitrogens with zero attached hydrogens (tertiary/aromatic N) is 3. The van der Waals surface area contributed by atoms with E-state index >= 15 is 0 Å². The fourth-order valence-electron chi connectivity index (χ4n) is 3.46. The third kappa shape index (κ3) is 4.00. The van der Waals surface area contributed by atoms with Crippen LogP contribution >= 0.6 is 22.4 Å². The lowest BCUT2D eigenvalue weighted by molar-refractivity contribution is 0.585. The maximum Gasteiger partial charge on any atom is 0.197 e. The molecule has 0 bridgehead atoms. The Morgan fingerprint density at radius 2 is 1.39 bits per heavy atom. The minimum atomic E-state index is -0.855. The molecule has 1 aliphatic heterocycles. The summed E-state index contributed by atoms with van der Waals surface area (Å²) in [5.41, 5.74) is 5.12. The van der Waals surface area contributed by atoms with E-state index in [0.29, 0.717) is 11.8 Å². The molecule has 0 aliphatic carbocycles. The molecule has 28 heavy (non-hydrogen) atoms. The van der Waals surface area contributed by atoms with Gasteiger partial charge in [-0.1, -0.05) is 84.9 Å². The zero-order valence-corrected chi connectivity index (χ0v) is 20.4. The summed E-state index contributed by atoms with van der Waals surface area (Å²) in [6.45, 7) is 15.0. The molecular weight excluding hydrogens is 429 g/mol. The highest BCUT2D eigenvalue weighted by molar-refractivity contribution is 9.39. The molecule has 150 valence electrons. The topological polar surface area (TPSA) is 18.8 Å². The maximum absolute atomic E-state index is 5.13. The molecular formula is C23H31BrN3P. The van der Waals surface area contributed by atoms with Gasteiger partial charge in [0.05, 0.1) is 11.4 Å². The Balaban J connectivity index is 2.22. The molecule has 2 aromatic rings. The normalized spacial score (nSPS) is 17.6. The molecule has 0 aromatic heterocycles. The molecule has 3 rings (SSSR count). The maximum atomic E-state index is 5.13. The third-order valence-corrected chi connectivity index (χ3v) is 8.13. The molecule has 0 N–H and O–H groups in total. The number of para-hydroxylation sites is 2. The van der Waals surface area contributed by atoms with Crippen molar-refractivity contribution >= 4 is 39.6 Å². The van der Waals surface area contributed by atoms with Crippen LogP contribution in [-0.4, -0.2) is 5.84 Å². The van der Waals surface area contributed by atoms with E-state index in [1.807, 2.05) is 6.07 Å². The summed E-state index contributed by atoms with van der Waals surface area (Å²) in [7, 11) is 0. The van der Waals surface area contributed by atoms with Gasteiger partial charge in [0, 0.05) is 5.41 Å². The molecule has 5 heteroatoms. The van der Waals surface area contributed by atoms with Crippen LogP contribution in [0.1, 0.15) is 71.4 Å². The van der Waals surface area contributed by atoms with Crippen molar-refractivity contribution in [2.75, 3.05) is 9.45 Å². The monoisotopic (exact) mass is 459 g/mol. The Morgan fingerprint density at radius 3 is 1.86 bits per heavy atom. The van der Waals surface area contributed by atoms with Crippen molar-refractivity contribution < 1.29 is 0 Å². The van der Waals surface area contributed by atoms with Crippen LogP contribution < -0.4 is 9.45 Å². The molecule has 3 nitrogen and oxygen atoms in total. The molecule has 0 fully saturated rings. The van der Waals surface area contributed by atoms with Crippen LogP contribution in [0.5, 0.6) is 0 Å². The third-order valence-electron chi connectivity index (χ3n) is 4.92. The van der Waals surface area contributed by atoms with E-state index < -0.39 is 6.93 Å². The summed E-state index contributed by atoms with van der Waals surface area (Å²) in [5.74, 6) is 1.99. The lowest BCUT2D eigenvalue weighted by Gasteiger charge is -2.35. The van der Waals surface area contributed by atoms with Crippen molar-refractivity contribution in [1.29, 1.82) is 0 Å². The first-order valence-electron chi connectivity index (χ1n) is 9.95. The summed E-state index contributed by atoms with van der Waals surface area (Å²) in [6, 6.07) is 17.2. The van der Waals surface area contributed by atoms with E-state index in [1.165, 1.54) is 16.8 Å². The molecule has 2 aromatic carbocycles. The van der Waals surface area contributed by atoms with Crippen molar-refractivity contribution in [3.8, 4) is 0 Å². The van der Waals surface area contributed by atoms with E-state index in [1.54, 1.807) is 0 Å². The summed E-state index contributed by atoms with van der Waals surface area (Å²) < 4.78 is 4.62. The first-order valence-corrected chi connectivity index (χ1v) is 13.2. The van der Waals surface area contributed by atoms with Crippen molar-refractivity contribution in [1.82, 2.24) is 0 Å². The van der Waals surface area contributed by atoms with Gasteiger partial charge in [0.1, 0.15) is 5.84 Å². The molecule has 1 atom stereocenters. The van der Waals surface area contributed by atoms with Crippen LogP contribution in [0.25, 0.3) is 0 Å². The van der Waals surface area contributed by atoms with Gasteiger partial charge in [-0.05, 0) is 50.6 Å². The van der Waals surface area contributed by atoms with E-state index in [2.05, 4.69) is 116 Å². The van der Waals surface area contributed by atoms with Gasteiger partial charge in [0.2, 0.25) is 0 Å². The van der Waals surface area contributed by atoms with Crippen LogP contribution in [0.2, 0.25) is 0 Å². The molecule has 0 amide bonds. The van der Waals surface area contributed by atoms with E-state index in [4.69, 9.17) is 5.10 Å². The summed E-state index contributed by atoms with van der Waals surface area (Å²) in [6.07, 6.45) is 0. The van der Waals surface area contributed by atoms with Gasteiger partial charge in [-0.2, -0.15) is 5.10 Å². The number of hydrogen-bond donors (Lipinski definition) is 0. The quantitative estimate of drug-likeness (QED) is 0.428. The fraction of sp³-hybridized carbons (Fsp3) is 0.435. The SMILES string of the molecule is CC(C)c1cccc(C(C)C)c1N1C(C(C)(C)C)=NN(c2ccccc2)[P@]1Br. The second-order valence-electron chi connectivity index (χ2n) is 8.95. The van der Waals surface area contributed by atoms with Gasteiger partial charge >= 0.3 is 0 Å². The number of rotatable bonds is 4. The van der Waals surface area contributed by atoms with Crippen LogP contribution in [-0.2, 0) is 0 Å². The van der Waals surface area contributed by atoms with Crippen molar-refractivity contribution in [2.45, 2.75) is 60.3 Å². The average molecular weight is 460 g/mol. The number of anilines is 2. The highest BCUT2D eigenvalue weighted by Gasteiger charge is 2.42. The Kier molecular flexibility index (Phi) is 6.22. The van der Waals surface area contributed by atoms with Gasteiger partial charge in [-0.15, -0.1) is 0 Å². The summed E-state index contributed by atoms with van der Waals surface area (Å²) >= 11 is 4.05.